The van der Waals surface area contributed by atoms with Gasteiger partial charge in [0.05, 0.1) is 6.61 Å². The van der Waals surface area contributed by atoms with Gasteiger partial charge in [-0.15, -0.1) is 0 Å². The highest BCUT2D eigenvalue weighted by Crippen LogP contribution is 2.61. The Morgan fingerprint density at radius 2 is 1.88 bits per heavy atom. The normalized spacial score (nSPS) is 35.3. The van der Waals surface area contributed by atoms with Crippen LogP contribution in [0.3, 0.4) is 0 Å². The van der Waals surface area contributed by atoms with E-state index in [1.807, 2.05) is 13.0 Å². The second kappa shape index (κ2) is 6.28. The fourth-order valence-electron chi connectivity index (χ4n) is 5.96. The minimum Gasteiger partial charge on any atom is -0.508 e. The Kier molecular flexibility index (Phi) is 4.61. The van der Waals surface area contributed by atoms with Gasteiger partial charge in [-0.1, -0.05) is 34.1 Å². The molecule has 4 unspecified atom stereocenters. The summed E-state index contributed by atoms with van der Waals surface area (Å²) in [6.07, 6.45) is 6.72. The molecular weight excluding hydrogens is 296 g/mol. The molecule has 0 bridgehead atoms. The lowest BCUT2D eigenvalue weighted by Gasteiger charge is -2.59. The Morgan fingerprint density at radius 1 is 1.12 bits per heavy atom. The molecule has 2 aliphatic carbocycles. The summed E-state index contributed by atoms with van der Waals surface area (Å²) in [5.74, 6) is 3.21. The molecule has 1 aromatic carbocycles. The van der Waals surface area contributed by atoms with E-state index in [1.165, 1.54) is 32.1 Å². The van der Waals surface area contributed by atoms with E-state index in [2.05, 4.69) is 27.7 Å². The SMILES string of the molecule is Cc1cc(O)cc(OCC2C(C)CCC3C(C)(C)CCCC23C)c1. The maximum Gasteiger partial charge on any atom is 0.123 e. The summed E-state index contributed by atoms with van der Waals surface area (Å²) in [6.45, 7) is 12.6. The van der Waals surface area contributed by atoms with Gasteiger partial charge >= 0.3 is 0 Å². The lowest BCUT2D eigenvalue weighted by molar-refractivity contribution is -0.105. The number of benzene rings is 1. The molecule has 1 aromatic rings. The number of aromatic hydroxyl groups is 1. The van der Waals surface area contributed by atoms with Crippen molar-refractivity contribution in [2.75, 3.05) is 6.61 Å². The first-order chi connectivity index (χ1) is 11.2. The molecule has 2 saturated carbocycles. The Hall–Kier alpha value is -1.18. The topological polar surface area (TPSA) is 29.5 Å². The first-order valence-electron chi connectivity index (χ1n) is 9.66. The largest absolute Gasteiger partial charge is 0.508 e. The van der Waals surface area contributed by atoms with E-state index < -0.39 is 0 Å². The summed E-state index contributed by atoms with van der Waals surface area (Å²) in [4.78, 5) is 0. The fraction of sp³-hybridized carbons (Fsp3) is 0.727. The van der Waals surface area contributed by atoms with E-state index in [-0.39, 0.29) is 0 Å². The molecule has 2 aliphatic rings. The molecule has 2 nitrogen and oxygen atoms in total. The van der Waals surface area contributed by atoms with Crippen LogP contribution in [0, 0.1) is 35.5 Å². The fourth-order valence-corrected chi connectivity index (χ4v) is 5.96. The zero-order chi connectivity index (χ0) is 17.5. The number of fused-ring (bicyclic) bond motifs is 1. The van der Waals surface area contributed by atoms with Gasteiger partial charge in [0.15, 0.2) is 0 Å². The van der Waals surface area contributed by atoms with Crippen LogP contribution in [0.15, 0.2) is 18.2 Å². The van der Waals surface area contributed by atoms with Crippen molar-refractivity contribution in [2.24, 2.45) is 28.6 Å². The van der Waals surface area contributed by atoms with Crippen LogP contribution in [0.25, 0.3) is 0 Å². The van der Waals surface area contributed by atoms with E-state index in [1.54, 1.807) is 12.1 Å². The van der Waals surface area contributed by atoms with Crippen molar-refractivity contribution in [3.8, 4) is 11.5 Å². The molecule has 0 heterocycles. The monoisotopic (exact) mass is 330 g/mol. The average Bonchev–Trinajstić information content (AvgIpc) is 2.44. The van der Waals surface area contributed by atoms with Crippen molar-refractivity contribution >= 4 is 0 Å². The third-order valence-corrected chi connectivity index (χ3v) is 7.19. The molecule has 134 valence electrons. The molecule has 0 radical (unpaired) electrons. The first kappa shape index (κ1) is 17.6. The number of ether oxygens (including phenoxy) is 1. The molecule has 2 heteroatoms. The van der Waals surface area contributed by atoms with Crippen LogP contribution in [0.5, 0.6) is 11.5 Å². The molecule has 0 aliphatic heterocycles. The summed E-state index contributed by atoms with van der Waals surface area (Å²) >= 11 is 0. The first-order valence-corrected chi connectivity index (χ1v) is 9.66. The van der Waals surface area contributed by atoms with Gasteiger partial charge in [0, 0.05) is 12.0 Å². The summed E-state index contributed by atoms with van der Waals surface area (Å²) in [7, 11) is 0. The van der Waals surface area contributed by atoms with Crippen molar-refractivity contribution in [3.05, 3.63) is 23.8 Å². The van der Waals surface area contributed by atoms with Gasteiger partial charge in [0.25, 0.3) is 0 Å². The van der Waals surface area contributed by atoms with Crippen LogP contribution in [0.1, 0.15) is 65.4 Å². The molecular formula is C22H34O2. The zero-order valence-corrected chi connectivity index (χ0v) is 16.1. The highest BCUT2D eigenvalue weighted by Gasteiger charge is 2.53. The van der Waals surface area contributed by atoms with Crippen LogP contribution in [0.4, 0.5) is 0 Å². The second-order valence-corrected chi connectivity index (χ2v) is 9.38. The summed E-state index contributed by atoms with van der Waals surface area (Å²) < 4.78 is 6.20. The maximum atomic E-state index is 9.81. The molecule has 0 amide bonds. The molecule has 0 aromatic heterocycles. The minimum atomic E-state index is 0.296. The number of hydrogen-bond donors (Lipinski definition) is 1. The summed E-state index contributed by atoms with van der Waals surface area (Å²) in [5.41, 5.74) is 1.88. The van der Waals surface area contributed by atoms with Crippen molar-refractivity contribution in [1.29, 1.82) is 0 Å². The van der Waals surface area contributed by atoms with E-state index in [0.717, 1.165) is 23.8 Å². The van der Waals surface area contributed by atoms with Crippen molar-refractivity contribution in [1.82, 2.24) is 0 Å². The second-order valence-electron chi connectivity index (χ2n) is 9.38. The molecule has 1 N–H and O–H groups in total. The highest BCUT2D eigenvalue weighted by molar-refractivity contribution is 5.36. The summed E-state index contributed by atoms with van der Waals surface area (Å²) in [5, 5.41) is 9.81. The minimum absolute atomic E-state index is 0.296. The number of phenolic OH excluding ortho intramolecular Hbond substituents is 1. The molecule has 0 spiro atoms. The molecule has 0 saturated heterocycles. The van der Waals surface area contributed by atoms with Crippen LogP contribution in [-0.2, 0) is 0 Å². The lowest BCUT2D eigenvalue weighted by Crippen LogP contribution is -2.52. The van der Waals surface area contributed by atoms with Gasteiger partial charge in [0.1, 0.15) is 11.5 Å². The van der Waals surface area contributed by atoms with Crippen molar-refractivity contribution in [2.45, 2.75) is 66.7 Å². The van der Waals surface area contributed by atoms with Gasteiger partial charge in [-0.2, -0.15) is 0 Å². The van der Waals surface area contributed by atoms with Gasteiger partial charge in [-0.05, 0) is 73.0 Å². The third-order valence-electron chi connectivity index (χ3n) is 7.19. The Morgan fingerprint density at radius 3 is 2.58 bits per heavy atom. The molecule has 24 heavy (non-hydrogen) atoms. The van der Waals surface area contributed by atoms with Gasteiger partial charge in [0.2, 0.25) is 0 Å². The van der Waals surface area contributed by atoms with Crippen LogP contribution in [0.2, 0.25) is 0 Å². The number of aryl methyl sites for hydroxylation is 1. The average molecular weight is 331 g/mol. The van der Waals surface area contributed by atoms with Crippen LogP contribution >= 0.6 is 0 Å². The number of phenols is 1. The van der Waals surface area contributed by atoms with Crippen LogP contribution < -0.4 is 4.74 Å². The van der Waals surface area contributed by atoms with Crippen molar-refractivity contribution in [3.63, 3.8) is 0 Å². The Balaban J connectivity index is 1.79. The smallest absolute Gasteiger partial charge is 0.123 e. The predicted octanol–water partition coefficient (Wildman–Crippen LogP) is 5.96. The van der Waals surface area contributed by atoms with Crippen molar-refractivity contribution < 1.29 is 9.84 Å². The molecule has 2 fully saturated rings. The van der Waals surface area contributed by atoms with Gasteiger partial charge in [-0.25, -0.2) is 0 Å². The standard InChI is InChI=1S/C22H34O2/c1-15-11-17(23)13-18(12-15)24-14-19-16(2)7-8-20-21(3,4)9-6-10-22(19,20)5/h11-13,16,19-20,23H,6-10,14H2,1-5H3. The van der Waals surface area contributed by atoms with Gasteiger partial charge in [-0.3, -0.25) is 0 Å². The Labute approximate surface area is 147 Å². The van der Waals surface area contributed by atoms with E-state index in [9.17, 15) is 5.11 Å². The quantitative estimate of drug-likeness (QED) is 0.741. The molecule has 4 atom stereocenters. The number of hydrogen-bond acceptors (Lipinski definition) is 2. The highest BCUT2D eigenvalue weighted by atomic mass is 16.5. The number of rotatable bonds is 3. The van der Waals surface area contributed by atoms with Gasteiger partial charge < -0.3 is 9.84 Å². The maximum absolute atomic E-state index is 9.81. The van der Waals surface area contributed by atoms with E-state index in [4.69, 9.17) is 4.74 Å². The lowest BCUT2D eigenvalue weighted by atomic mass is 9.47. The predicted molar refractivity (Wildman–Crippen MR) is 99.5 cm³/mol. The molecule has 3 rings (SSSR count). The van der Waals surface area contributed by atoms with E-state index >= 15 is 0 Å². The zero-order valence-electron chi connectivity index (χ0n) is 16.1. The Bertz CT molecular complexity index is 571. The van der Waals surface area contributed by atoms with Crippen LogP contribution in [-0.4, -0.2) is 11.7 Å². The third kappa shape index (κ3) is 3.17. The summed E-state index contributed by atoms with van der Waals surface area (Å²) in [6, 6.07) is 5.54. The van der Waals surface area contributed by atoms with E-state index in [0.29, 0.717) is 28.4 Å².